The summed E-state index contributed by atoms with van der Waals surface area (Å²) in [5.41, 5.74) is 1.94. The first kappa shape index (κ1) is 15.3. The Hall–Kier alpha value is -2.60. The van der Waals surface area contributed by atoms with E-state index in [2.05, 4.69) is 20.4 Å². The van der Waals surface area contributed by atoms with Crippen molar-refractivity contribution in [1.82, 2.24) is 19.7 Å². The molecule has 0 unspecified atom stereocenters. The molecule has 0 spiro atoms. The minimum Gasteiger partial charge on any atom is -0.438 e. The number of nitrogens with zero attached hydrogens (tertiary/aromatic N) is 4. The van der Waals surface area contributed by atoms with Crippen LogP contribution >= 0.6 is 11.6 Å². The second-order valence-electron chi connectivity index (χ2n) is 5.07. The largest absolute Gasteiger partial charge is 0.438 e. The summed E-state index contributed by atoms with van der Waals surface area (Å²) < 4.78 is 7.44. The van der Waals surface area contributed by atoms with E-state index in [-0.39, 0.29) is 0 Å². The summed E-state index contributed by atoms with van der Waals surface area (Å²) in [4.78, 5) is 8.37. The fourth-order valence-corrected chi connectivity index (χ4v) is 2.16. The molecule has 3 aromatic heterocycles. The van der Waals surface area contributed by atoms with E-state index in [9.17, 15) is 0 Å². The first-order valence-corrected chi connectivity index (χ1v) is 7.47. The van der Waals surface area contributed by atoms with Gasteiger partial charge >= 0.3 is 0 Å². The molecule has 0 aliphatic heterocycles. The van der Waals surface area contributed by atoms with E-state index < -0.39 is 0 Å². The third kappa shape index (κ3) is 3.98. The highest BCUT2D eigenvalue weighted by Crippen LogP contribution is 2.21. The molecule has 6 nitrogen and oxygen atoms in total. The van der Waals surface area contributed by atoms with Crippen LogP contribution in [-0.2, 0) is 13.6 Å². The molecule has 118 valence electrons. The predicted octanol–water partition coefficient (Wildman–Crippen LogP) is 3.58. The Kier molecular flexibility index (Phi) is 4.43. The third-order valence-electron chi connectivity index (χ3n) is 3.18. The van der Waals surface area contributed by atoms with Crippen molar-refractivity contribution in [3.8, 4) is 11.6 Å². The minimum atomic E-state index is 0.485. The SMILES string of the molecule is Cc1cc(Oc2ccc(NCc3ccc(Cl)nc3)nc2)n(C)n1. The number of aromatic nitrogens is 4. The Bertz CT molecular complexity index is 783. The lowest BCUT2D eigenvalue weighted by atomic mass is 10.3. The number of halogens is 1. The quantitative estimate of drug-likeness (QED) is 0.725. The van der Waals surface area contributed by atoms with E-state index in [1.807, 2.05) is 38.2 Å². The van der Waals surface area contributed by atoms with Crippen molar-refractivity contribution >= 4 is 17.4 Å². The van der Waals surface area contributed by atoms with Crippen LogP contribution in [0.3, 0.4) is 0 Å². The molecule has 3 heterocycles. The van der Waals surface area contributed by atoms with Crippen LogP contribution in [0.5, 0.6) is 11.6 Å². The molecule has 0 aromatic carbocycles. The highest BCUT2D eigenvalue weighted by molar-refractivity contribution is 6.29. The fourth-order valence-electron chi connectivity index (χ4n) is 2.05. The van der Waals surface area contributed by atoms with E-state index in [1.165, 1.54) is 0 Å². The van der Waals surface area contributed by atoms with Gasteiger partial charge in [0, 0.05) is 25.9 Å². The van der Waals surface area contributed by atoms with Crippen LogP contribution in [0, 0.1) is 6.92 Å². The first-order valence-electron chi connectivity index (χ1n) is 7.09. The monoisotopic (exact) mass is 329 g/mol. The maximum Gasteiger partial charge on any atom is 0.217 e. The van der Waals surface area contributed by atoms with Crippen molar-refractivity contribution < 1.29 is 4.74 Å². The maximum atomic E-state index is 5.76. The number of aryl methyl sites for hydroxylation is 2. The van der Waals surface area contributed by atoms with Crippen molar-refractivity contribution in [2.24, 2.45) is 7.05 Å². The molecule has 3 rings (SSSR count). The van der Waals surface area contributed by atoms with Gasteiger partial charge in [0.15, 0.2) is 0 Å². The summed E-state index contributed by atoms with van der Waals surface area (Å²) in [6.45, 7) is 2.54. The highest BCUT2D eigenvalue weighted by Gasteiger charge is 2.05. The van der Waals surface area contributed by atoms with Gasteiger partial charge in [-0.05, 0) is 30.7 Å². The Labute approximate surface area is 139 Å². The summed E-state index contributed by atoms with van der Waals surface area (Å²) in [6, 6.07) is 9.28. The zero-order valence-electron chi connectivity index (χ0n) is 12.8. The number of rotatable bonds is 5. The van der Waals surface area contributed by atoms with Gasteiger partial charge < -0.3 is 10.1 Å². The molecule has 0 atom stereocenters. The Morgan fingerprint density at radius 3 is 2.65 bits per heavy atom. The second kappa shape index (κ2) is 6.66. The third-order valence-corrected chi connectivity index (χ3v) is 3.40. The molecule has 0 aliphatic rings. The fraction of sp³-hybridized carbons (Fsp3) is 0.188. The van der Waals surface area contributed by atoms with Crippen molar-refractivity contribution in [2.45, 2.75) is 13.5 Å². The van der Waals surface area contributed by atoms with Gasteiger partial charge in [-0.3, -0.25) is 0 Å². The smallest absolute Gasteiger partial charge is 0.217 e. The molecule has 0 saturated heterocycles. The molecule has 0 amide bonds. The van der Waals surface area contributed by atoms with E-state index in [0.717, 1.165) is 17.1 Å². The van der Waals surface area contributed by atoms with E-state index in [1.54, 1.807) is 23.1 Å². The molecule has 1 N–H and O–H groups in total. The van der Waals surface area contributed by atoms with Gasteiger partial charge in [-0.1, -0.05) is 17.7 Å². The van der Waals surface area contributed by atoms with E-state index >= 15 is 0 Å². The standard InChI is InChI=1S/C16H16ClN5O/c1-11-7-16(22(2)21-11)23-13-4-6-15(20-10-13)19-9-12-3-5-14(17)18-8-12/h3-8,10H,9H2,1-2H3,(H,19,20). The first-order chi connectivity index (χ1) is 11.1. The number of pyridine rings is 2. The molecule has 0 radical (unpaired) electrons. The van der Waals surface area contributed by atoms with E-state index in [0.29, 0.717) is 23.3 Å². The Morgan fingerprint density at radius 1 is 1.17 bits per heavy atom. The van der Waals surface area contributed by atoms with Crippen LogP contribution in [0.4, 0.5) is 5.82 Å². The molecule has 7 heteroatoms. The number of anilines is 1. The van der Waals surface area contributed by atoms with Gasteiger partial charge in [0.05, 0.1) is 11.9 Å². The lowest BCUT2D eigenvalue weighted by Crippen LogP contribution is -2.01. The molecule has 0 fully saturated rings. The van der Waals surface area contributed by atoms with Gasteiger partial charge in [0.2, 0.25) is 5.88 Å². The number of nitrogens with one attached hydrogen (secondary N) is 1. The van der Waals surface area contributed by atoms with Gasteiger partial charge in [0.1, 0.15) is 16.7 Å². The Balaban J connectivity index is 1.60. The zero-order chi connectivity index (χ0) is 16.2. The average molecular weight is 330 g/mol. The normalized spacial score (nSPS) is 10.6. The summed E-state index contributed by atoms with van der Waals surface area (Å²) in [5, 5.41) is 7.94. The van der Waals surface area contributed by atoms with Gasteiger partial charge in [-0.25, -0.2) is 14.6 Å². The summed E-state index contributed by atoms with van der Waals surface area (Å²) >= 11 is 5.76. The molecule has 0 aliphatic carbocycles. The van der Waals surface area contributed by atoms with Crippen molar-refractivity contribution in [2.75, 3.05) is 5.32 Å². The van der Waals surface area contributed by atoms with Crippen LogP contribution in [0.2, 0.25) is 5.15 Å². The van der Waals surface area contributed by atoms with Crippen molar-refractivity contribution in [1.29, 1.82) is 0 Å². The number of hydrogen-bond donors (Lipinski definition) is 1. The number of ether oxygens (including phenoxy) is 1. The topological polar surface area (TPSA) is 64.9 Å². The lowest BCUT2D eigenvalue weighted by Gasteiger charge is -2.08. The molecule has 0 bridgehead atoms. The van der Waals surface area contributed by atoms with Crippen LogP contribution in [0.25, 0.3) is 0 Å². The maximum absolute atomic E-state index is 5.76. The minimum absolute atomic E-state index is 0.485. The highest BCUT2D eigenvalue weighted by atomic mass is 35.5. The molecule has 0 saturated carbocycles. The van der Waals surface area contributed by atoms with E-state index in [4.69, 9.17) is 16.3 Å². The molecular weight excluding hydrogens is 314 g/mol. The summed E-state index contributed by atoms with van der Waals surface area (Å²) in [7, 11) is 1.84. The van der Waals surface area contributed by atoms with Crippen LogP contribution in [-0.4, -0.2) is 19.7 Å². The zero-order valence-corrected chi connectivity index (χ0v) is 13.6. The van der Waals surface area contributed by atoms with Crippen molar-refractivity contribution in [3.63, 3.8) is 0 Å². The van der Waals surface area contributed by atoms with Crippen LogP contribution in [0.1, 0.15) is 11.3 Å². The summed E-state index contributed by atoms with van der Waals surface area (Å²) in [5.74, 6) is 2.09. The van der Waals surface area contributed by atoms with Gasteiger partial charge in [-0.15, -0.1) is 0 Å². The average Bonchev–Trinajstić information content (AvgIpc) is 2.86. The molecular formula is C16H16ClN5O. The molecule has 23 heavy (non-hydrogen) atoms. The van der Waals surface area contributed by atoms with Gasteiger partial charge in [0.25, 0.3) is 0 Å². The lowest BCUT2D eigenvalue weighted by molar-refractivity contribution is 0.429. The molecule has 3 aromatic rings. The second-order valence-corrected chi connectivity index (χ2v) is 5.46. The van der Waals surface area contributed by atoms with Crippen molar-refractivity contribution in [3.05, 3.63) is 59.1 Å². The number of hydrogen-bond acceptors (Lipinski definition) is 5. The van der Waals surface area contributed by atoms with Crippen LogP contribution in [0.15, 0.2) is 42.7 Å². The Morgan fingerprint density at radius 2 is 2.04 bits per heavy atom. The summed E-state index contributed by atoms with van der Waals surface area (Å²) in [6.07, 6.45) is 3.41. The van der Waals surface area contributed by atoms with Gasteiger partial charge in [-0.2, -0.15) is 5.10 Å². The predicted molar refractivity (Wildman–Crippen MR) is 88.8 cm³/mol. The van der Waals surface area contributed by atoms with Crippen LogP contribution < -0.4 is 10.1 Å².